The number of rotatable bonds is 5. The van der Waals surface area contributed by atoms with Crippen LogP contribution < -0.4 is 5.32 Å². The van der Waals surface area contributed by atoms with Gasteiger partial charge in [-0.15, -0.1) is 0 Å². The second-order valence-electron chi connectivity index (χ2n) is 7.16. The quantitative estimate of drug-likeness (QED) is 0.416. The highest BCUT2D eigenvalue weighted by Crippen LogP contribution is 2.56. The minimum absolute atomic E-state index is 0.429. The summed E-state index contributed by atoms with van der Waals surface area (Å²) < 4.78 is 93.4. The molecule has 1 aromatic carbocycles. The minimum Gasteiger partial charge on any atom is -0.466 e. The maximum atomic E-state index is 14.0. The maximum Gasteiger partial charge on any atom is 0.432 e. The molecule has 186 valence electrons. The smallest absolute Gasteiger partial charge is 0.432 e. The fourth-order valence-electron chi connectivity index (χ4n) is 3.86. The van der Waals surface area contributed by atoms with Gasteiger partial charge in [0, 0.05) is 10.9 Å². The Labute approximate surface area is 188 Å². The number of hydrogen-bond donors (Lipinski definition) is 3. The van der Waals surface area contributed by atoms with E-state index in [1.54, 1.807) is 0 Å². The van der Waals surface area contributed by atoms with Crippen molar-refractivity contribution < 1.29 is 55.6 Å². The third-order valence-corrected chi connectivity index (χ3v) is 5.55. The first kappa shape index (κ1) is 27.2. The zero-order valence-corrected chi connectivity index (χ0v) is 17.9. The minimum atomic E-state index is -5.96. The molecule has 2 rings (SSSR count). The molecule has 0 spiro atoms. The molecule has 1 heterocycles. The van der Waals surface area contributed by atoms with Gasteiger partial charge in [-0.05, 0) is 25.5 Å². The van der Waals surface area contributed by atoms with Crippen LogP contribution in [0.1, 0.15) is 25.3 Å². The molecule has 1 aromatic rings. The lowest BCUT2D eigenvalue weighted by Crippen LogP contribution is -2.81. The zero-order chi connectivity index (χ0) is 25.4. The Hall–Kier alpha value is -2.09. The Morgan fingerprint density at radius 3 is 1.67 bits per heavy atom. The van der Waals surface area contributed by atoms with Crippen LogP contribution in [0, 0.1) is 11.8 Å². The summed E-state index contributed by atoms with van der Waals surface area (Å²) in [4.78, 5) is 25.3. The fourth-order valence-corrected chi connectivity index (χ4v) is 4.12. The summed E-state index contributed by atoms with van der Waals surface area (Å²) in [6.07, 6.45) is -11.9. The average molecular weight is 508 g/mol. The lowest BCUT2D eigenvalue weighted by Gasteiger charge is -2.54. The summed E-state index contributed by atoms with van der Waals surface area (Å²) in [5, 5.41) is 21.3. The second-order valence-corrected chi connectivity index (χ2v) is 7.57. The Morgan fingerprint density at radius 1 is 0.939 bits per heavy atom. The number of halogens is 7. The van der Waals surface area contributed by atoms with Crippen molar-refractivity contribution in [2.75, 3.05) is 13.2 Å². The van der Waals surface area contributed by atoms with Crippen molar-refractivity contribution >= 4 is 23.5 Å². The van der Waals surface area contributed by atoms with E-state index in [1.165, 1.54) is 26.0 Å². The van der Waals surface area contributed by atoms with E-state index in [4.69, 9.17) is 11.6 Å². The fraction of sp³-hybridized carbons (Fsp3) is 0.579. The van der Waals surface area contributed by atoms with Crippen molar-refractivity contribution in [2.45, 2.75) is 43.6 Å². The van der Waals surface area contributed by atoms with Crippen molar-refractivity contribution in [2.24, 2.45) is 11.8 Å². The van der Waals surface area contributed by atoms with Gasteiger partial charge in [0.1, 0.15) is 11.8 Å². The van der Waals surface area contributed by atoms with E-state index in [0.717, 1.165) is 12.1 Å². The molecule has 0 bridgehead atoms. The zero-order valence-electron chi connectivity index (χ0n) is 17.1. The van der Waals surface area contributed by atoms with Gasteiger partial charge in [-0.3, -0.25) is 9.59 Å². The molecule has 5 atom stereocenters. The van der Waals surface area contributed by atoms with Crippen LogP contribution in [0.3, 0.4) is 0 Å². The Morgan fingerprint density at radius 2 is 1.33 bits per heavy atom. The van der Waals surface area contributed by atoms with Crippen LogP contribution in [0.15, 0.2) is 24.3 Å². The monoisotopic (exact) mass is 507 g/mol. The molecule has 0 radical (unpaired) electrons. The molecule has 7 nitrogen and oxygen atoms in total. The van der Waals surface area contributed by atoms with Crippen molar-refractivity contribution in [3.63, 3.8) is 0 Å². The van der Waals surface area contributed by atoms with Gasteiger partial charge < -0.3 is 19.7 Å². The second kappa shape index (κ2) is 9.28. The molecular weight excluding hydrogens is 488 g/mol. The van der Waals surface area contributed by atoms with Crippen LogP contribution in [-0.4, -0.2) is 59.2 Å². The Balaban J connectivity index is 3.00. The first-order valence-corrected chi connectivity index (χ1v) is 9.89. The number of aliphatic hydroxyl groups is 2. The molecule has 33 heavy (non-hydrogen) atoms. The number of hydrogen-bond acceptors (Lipinski definition) is 7. The van der Waals surface area contributed by atoms with E-state index < -0.39 is 77.3 Å². The summed E-state index contributed by atoms with van der Waals surface area (Å²) in [6.45, 7) is 1.40. The summed E-state index contributed by atoms with van der Waals surface area (Å²) in [6, 6.07) is 4.51. The van der Waals surface area contributed by atoms with Crippen molar-refractivity contribution in [3.05, 3.63) is 34.9 Å². The number of carbonyl (C=O) groups is 2. The first-order chi connectivity index (χ1) is 15.1. The molecule has 0 amide bonds. The van der Waals surface area contributed by atoms with Gasteiger partial charge in [-0.1, -0.05) is 29.8 Å². The number of carbonyl (C=O) groups excluding carboxylic acids is 2. The standard InChI is InChI=1S/C19H20ClF6NO6/c1-3-32-14(28)12-11(9-7-5-6-8-10(9)20)13(15(29)33-4-2)17(31,19(24,25)26)27-16(12,30)18(21,22)23/h5-8,11-13,27,30-31H,3-4H2,1-2H3/t11?,12-,13+,16-,17-/m0/s1. The van der Waals surface area contributed by atoms with Gasteiger partial charge in [0.2, 0.25) is 11.4 Å². The molecule has 1 aliphatic rings. The van der Waals surface area contributed by atoms with Crippen molar-refractivity contribution in [1.29, 1.82) is 0 Å². The van der Waals surface area contributed by atoms with E-state index >= 15 is 0 Å². The van der Waals surface area contributed by atoms with E-state index in [1.807, 2.05) is 0 Å². The lowest BCUT2D eigenvalue weighted by molar-refractivity contribution is -0.376. The molecule has 14 heteroatoms. The molecule has 1 fully saturated rings. The van der Waals surface area contributed by atoms with Crippen LogP contribution in [0.25, 0.3) is 0 Å². The molecule has 0 saturated carbocycles. The van der Waals surface area contributed by atoms with Gasteiger partial charge in [0.15, 0.2) is 0 Å². The molecular formula is C19H20ClF6NO6. The van der Waals surface area contributed by atoms with Crippen LogP contribution in [-0.2, 0) is 19.1 Å². The van der Waals surface area contributed by atoms with E-state index in [-0.39, 0.29) is 0 Å². The number of ether oxygens (including phenoxy) is 2. The van der Waals surface area contributed by atoms with Crippen LogP contribution in [0.2, 0.25) is 5.02 Å². The number of nitrogens with one attached hydrogen (secondary N) is 1. The summed E-state index contributed by atoms with van der Waals surface area (Å²) in [7, 11) is 0. The highest BCUT2D eigenvalue weighted by molar-refractivity contribution is 6.31. The number of benzene rings is 1. The number of esters is 2. The van der Waals surface area contributed by atoms with Crippen LogP contribution in [0.4, 0.5) is 26.3 Å². The summed E-state index contributed by atoms with van der Waals surface area (Å²) in [5.74, 6) is -11.8. The SMILES string of the molecule is CCOC(=O)[C@@H]1C(c2ccccc2Cl)[C@H](C(=O)OCC)[C@](O)(C(F)(F)F)N[C@@]1(O)C(F)(F)F. The molecule has 1 saturated heterocycles. The van der Waals surface area contributed by atoms with Crippen molar-refractivity contribution in [1.82, 2.24) is 5.32 Å². The summed E-state index contributed by atoms with van der Waals surface area (Å²) >= 11 is 6.02. The number of alkyl halides is 6. The predicted octanol–water partition coefficient (Wildman–Crippen LogP) is 2.89. The van der Waals surface area contributed by atoms with Crippen LogP contribution >= 0.6 is 11.6 Å². The van der Waals surface area contributed by atoms with E-state index in [0.29, 0.717) is 5.32 Å². The molecule has 1 aliphatic heterocycles. The van der Waals surface area contributed by atoms with E-state index in [2.05, 4.69) is 9.47 Å². The first-order valence-electron chi connectivity index (χ1n) is 9.52. The van der Waals surface area contributed by atoms with Gasteiger partial charge in [-0.2, -0.15) is 26.3 Å². The number of piperidine rings is 1. The highest BCUT2D eigenvalue weighted by Gasteiger charge is 2.78. The van der Waals surface area contributed by atoms with Gasteiger partial charge in [0.25, 0.3) is 0 Å². The Bertz CT molecular complexity index is 848. The molecule has 0 aliphatic carbocycles. The normalized spacial score (nSPS) is 30.6. The lowest BCUT2D eigenvalue weighted by atomic mass is 9.64. The van der Waals surface area contributed by atoms with Crippen LogP contribution in [0.5, 0.6) is 0 Å². The Kier molecular flexibility index (Phi) is 7.63. The van der Waals surface area contributed by atoms with Gasteiger partial charge in [-0.25, -0.2) is 5.32 Å². The molecule has 3 N–H and O–H groups in total. The molecule has 1 unspecified atom stereocenters. The maximum absolute atomic E-state index is 14.0. The van der Waals surface area contributed by atoms with Crippen molar-refractivity contribution in [3.8, 4) is 0 Å². The van der Waals surface area contributed by atoms with Gasteiger partial charge >= 0.3 is 24.3 Å². The summed E-state index contributed by atoms with van der Waals surface area (Å²) in [5.41, 5.74) is -9.92. The largest absolute Gasteiger partial charge is 0.466 e. The predicted molar refractivity (Wildman–Crippen MR) is 99.6 cm³/mol. The van der Waals surface area contributed by atoms with E-state index in [9.17, 15) is 46.1 Å². The third-order valence-electron chi connectivity index (χ3n) is 5.21. The topological polar surface area (TPSA) is 105 Å². The third kappa shape index (κ3) is 4.63. The molecule has 0 aromatic heterocycles. The van der Waals surface area contributed by atoms with Gasteiger partial charge in [0.05, 0.1) is 13.2 Å². The average Bonchev–Trinajstić information content (AvgIpc) is 2.66. The highest BCUT2D eigenvalue weighted by atomic mass is 35.5.